The molecule has 0 aliphatic carbocycles. The van der Waals surface area contributed by atoms with Gasteiger partial charge in [-0.05, 0) is 11.6 Å². The van der Waals surface area contributed by atoms with E-state index in [1.807, 2.05) is 30.3 Å². The predicted octanol–water partition coefficient (Wildman–Crippen LogP) is 3.96. The van der Waals surface area contributed by atoms with E-state index >= 15 is 0 Å². The Morgan fingerprint density at radius 2 is 2.06 bits per heavy atom. The average molecular weight is 246 g/mol. The van der Waals surface area contributed by atoms with Crippen LogP contribution in [0.5, 0.6) is 5.88 Å². The minimum absolute atomic E-state index is 0.482. The predicted molar refractivity (Wildman–Crippen MR) is 70.1 cm³/mol. The molecule has 86 valence electrons. The van der Waals surface area contributed by atoms with E-state index in [-0.39, 0.29) is 0 Å². The van der Waals surface area contributed by atoms with Crippen LogP contribution in [0.2, 0.25) is 5.02 Å². The molecule has 17 heavy (non-hydrogen) atoms. The minimum atomic E-state index is 0.482. The SMILES string of the molecule is C=Cc1cc(Cl)cnc1OCc1ccccc1. The van der Waals surface area contributed by atoms with E-state index in [4.69, 9.17) is 16.3 Å². The van der Waals surface area contributed by atoms with Crippen molar-refractivity contribution >= 4 is 17.7 Å². The van der Waals surface area contributed by atoms with E-state index in [2.05, 4.69) is 11.6 Å². The first kappa shape index (κ1) is 11.7. The quantitative estimate of drug-likeness (QED) is 0.814. The third kappa shape index (κ3) is 3.08. The highest BCUT2D eigenvalue weighted by molar-refractivity contribution is 6.30. The molecule has 0 atom stereocenters. The highest BCUT2D eigenvalue weighted by Gasteiger charge is 2.03. The smallest absolute Gasteiger partial charge is 0.221 e. The Labute approximate surface area is 106 Å². The molecular formula is C14H12ClNO. The highest BCUT2D eigenvalue weighted by atomic mass is 35.5. The second kappa shape index (κ2) is 5.51. The Morgan fingerprint density at radius 1 is 1.29 bits per heavy atom. The fourth-order valence-electron chi connectivity index (χ4n) is 1.44. The number of aromatic nitrogens is 1. The number of benzene rings is 1. The number of hydrogen-bond acceptors (Lipinski definition) is 2. The summed E-state index contributed by atoms with van der Waals surface area (Å²) in [7, 11) is 0. The molecule has 1 aromatic carbocycles. The van der Waals surface area contributed by atoms with E-state index < -0.39 is 0 Å². The largest absolute Gasteiger partial charge is 0.472 e. The Kier molecular flexibility index (Phi) is 3.78. The minimum Gasteiger partial charge on any atom is -0.472 e. The molecule has 3 heteroatoms. The number of pyridine rings is 1. The molecule has 0 unspecified atom stereocenters. The van der Waals surface area contributed by atoms with Gasteiger partial charge >= 0.3 is 0 Å². The lowest BCUT2D eigenvalue weighted by Gasteiger charge is -2.08. The summed E-state index contributed by atoms with van der Waals surface area (Å²) in [6.07, 6.45) is 3.24. The van der Waals surface area contributed by atoms with Gasteiger partial charge in [-0.1, -0.05) is 54.6 Å². The van der Waals surface area contributed by atoms with Gasteiger partial charge in [-0.3, -0.25) is 0 Å². The van der Waals surface area contributed by atoms with Crippen LogP contribution in [0.4, 0.5) is 0 Å². The zero-order valence-electron chi connectivity index (χ0n) is 9.27. The molecule has 0 amide bonds. The van der Waals surface area contributed by atoms with Crippen molar-refractivity contribution in [2.24, 2.45) is 0 Å². The average Bonchev–Trinajstić information content (AvgIpc) is 2.38. The number of hydrogen-bond donors (Lipinski definition) is 0. The van der Waals surface area contributed by atoms with E-state index in [1.54, 1.807) is 18.3 Å². The maximum Gasteiger partial charge on any atom is 0.221 e. The normalized spacial score (nSPS) is 9.94. The van der Waals surface area contributed by atoms with Gasteiger partial charge in [-0.2, -0.15) is 0 Å². The molecule has 0 aliphatic rings. The van der Waals surface area contributed by atoms with Crippen molar-refractivity contribution in [2.45, 2.75) is 6.61 Å². The van der Waals surface area contributed by atoms with Gasteiger partial charge in [0.2, 0.25) is 5.88 Å². The van der Waals surface area contributed by atoms with E-state index in [1.165, 1.54) is 0 Å². The second-order valence-corrected chi connectivity index (χ2v) is 3.96. The first-order valence-electron chi connectivity index (χ1n) is 5.24. The highest BCUT2D eigenvalue weighted by Crippen LogP contribution is 2.21. The van der Waals surface area contributed by atoms with Gasteiger partial charge in [-0.25, -0.2) is 4.98 Å². The molecule has 0 spiro atoms. The molecule has 1 aromatic heterocycles. The van der Waals surface area contributed by atoms with Crippen LogP contribution in [0.3, 0.4) is 0 Å². The van der Waals surface area contributed by atoms with Gasteiger partial charge in [0.15, 0.2) is 0 Å². The molecule has 0 radical (unpaired) electrons. The topological polar surface area (TPSA) is 22.1 Å². The van der Waals surface area contributed by atoms with Crippen LogP contribution in [-0.4, -0.2) is 4.98 Å². The summed E-state index contributed by atoms with van der Waals surface area (Å²) in [4.78, 5) is 4.14. The van der Waals surface area contributed by atoms with Crippen LogP contribution in [0.15, 0.2) is 49.2 Å². The standard InChI is InChI=1S/C14H12ClNO/c1-2-12-8-13(15)9-16-14(12)17-10-11-6-4-3-5-7-11/h2-9H,1,10H2. The van der Waals surface area contributed by atoms with Crippen molar-refractivity contribution in [3.8, 4) is 5.88 Å². The molecule has 0 fully saturated rings. The molecule has 2 aromatic rings. The van der Waals surface area contributed by atoms with Crippen LogP contribution in [0.1, 0.15) is 11.1 Å². The summed E-state index contributed by atoms with van der Waals surface area (Å²) in [6, 6.07) is 11.7. The fraction of sp³-hybridized carbons (Fsp3) is 0.0714. The third-order valence-electron chi connectivity index (χ3n) is 2.28. The van der Waals surface area contributed by atoms with Gasteiger partial charge in [0.1, 0.15) is 6.61 Å². The van der Waals surface area contributed by atoms with Crippen molar-refractivity contribution in [3.63, 3.8) is 0 Å². The Hall–Kier alpha value is -1.80. The van der Waals surface area contributed by atoms with E-state index in [0.29, 0.717) is 17.5 Å². The van der Waals surface area contributed by atoms with Gasteiger partial charge in [0.05, 0.1) is 5.02 Å². The molecule has 0 saturated heterocycles. The summed E-state index contributed by atoms with van der Waals surface area (Å²) in [5, 5.41) is 0.576. The molecule has 1 heterocycles. The third-order valence-corrected chi connectivity index (χ3v) is 2.49. The fourth-order valence-corrected chi connectivity index (χ4v) is 1.60. The van der Waals surface area contributed by atoms with Crippen LogP contribution in [0.25, 0.3) is 6.08 Å². The number of rotatable bonds is 4. The lowest BCUT2D eigenvalue weighted by molar-refractivity contribution is 0.293. The molecule has 0 bridgehead atoms. The maximum atomic E-state index is 5.85. The monoisotopic (exact) mass is 245 g/mol. The summed E-state index contributed by atoms with van der Waals surface area (Å²) in [6.45, 7) is 4.19. The van der Waals surface area contributed by atoms with Crippen molar-refractivity contribution in [2.75, 3.05) is 0 Å². The molecule has 2 nitrogen and oxygen atoms in total. The molecule has 2 rings (SSSR count). The number of nitrogens with zero attached hydrogens (tertiary/aromatic N) is 1. The molecule has 0 aliphatic heterocycles. The number of halogens is 1. The van der Waals surface area contributed by atoms with Crippen LogP contribution < -0.4 is 4.74 Å². The van der Waals surface area contributed by atoms with Gasteiger partial charge in [0, 0.05) is 11.8 Å². The summed E-state index contributed by atoms with van der Waals surface area (Å²) >= 11 is 5.85. The lowest BCUT2D eigenvalue weighted by atomic mass is 10.2. The summed E-state index contributed by atoms with van der Waals surface area (Å²) in [5.74, 6) is 0.549. The zero-order valence-corrected chi connectivity index (χ0v) is 10.0. The first-order chi connectivity index (χ1) is 8.29. The molecule has 0 saturated carbocycles. The summed E-state index contributed by atoms with van der Waals surface area (Å²) in [5.41, 5.74) is 1.90. The van der Waals surface area contributed by atoms with Crippen LogP contribution in [0, 0.1) is 0 Å². The maximum absolute atomic E-state index is 5.85. The van der Waals surface area contributed by atoms with Crippen LogP contribution in [-0.2, 0) is 6.61 Å². The van der Waals surface area contributed by atoms with Crippen molar-refractivity contribution in [1.29, 1.82) is 0 Å². The van der Waals surface area contributed by atoms with Gasteiger partial charge in [0.25, 0.3) is 0 Å². The molecular weight excluding hydrogens is 234 g/mol. The van der Waals surface area contributed by atoms with E-state index in [9.17, 15) is 0 Å². The van der Waals surface area contributed by atoms with Crippen molar-refractivity contribution < 1.29 is 4.74 Å². The van der Waals surface area contributed by atoms with Crippen molar-refractivity contribution in [1.82, 2.24) is 4.98 Å². The van der Waals surface area contributed by atoms with Gasteiger partial charge < -0.3 is 4.74 Å². The Morgan fingerprint density at radius 3 is 2.76 bits per heavy atom. The Bertz CT molecular complexity index is 511. The lowest BCUT2D eigenvalue weighted by Crippen LogP contribution is -1.98. The molecule has 0 N–H and O–H groups in total. The van der Waals surface area contributed by atoms with Crippen LogP contribution >= 0.6 is 11.6 Å². The second-order valence-electron chi connectivity index (χ2n) is 3.53. The van der Waals surface area contributed by atoms with E-state index in [0.717, 1.165) is 11.1 Å². The van der Waals surface area contributed by atoms with Crippen molar-refractivity contribution in [3.05, 3.63) is 65.3 Å². The Balaban J connectivity index is 2.11. The van der Waals surface area contributed by atoms with Gasteiger partial charge in [-0.15, -0.1) is 0 Å². The summed E-state index contributed by atoms with van der Waals surface area (Å²) < 4.78 is 5.63. The zero-order chi connectivity index (χ0) is 12.1. The first-order valence-corrected chi connectivity index (χ1v) is 5.62. The number of ether oxygens (including phenoxy) is 1.